The van der Waals surface area contributed by atoms with Crippen molar-refractivity contribution in [3.05, 3.63) is 82.3 Å². The first-order valence-corrected chi connectivity index (χ1v) is 8.57. The van der Waals surface area contributed by atoms with Crippen molar-refractivity contribution >= 4 is 35.2 Å². The lowest BCUT2D eigenvalue weighted by Gasteiger charge is -2.04. The Morgan fingerprint density at radius 2 is 1.93 bits per heavy atom. The molecule has 0 fully saturated rings. The number of benzene rings is 2. The van der Waals surface area contributed by atoms with Crippen molar-refractivity contribution in [2.75, 3.05) is 5.32 Å². The van der Waals surface area contributed by atoms with E-state index in [1.165, 1.54) is 42.5 Å². The highest BCUT2D eigenvalue weighted by molar-refractivity contribution is 6.33. The fourth-order valence-electron chi connectivity index (χ4n) is 2.47. The third-order valence-corrected chi connectivity index (χ3v) is 4.21. The Hall–Kier alpha value is -3.89. The lowest BCUT2D eigenvalue weighted by molar-refractivity contribution is -0.112. The van der Waals surface area contributed by atoms with Crippen molar-refractivity contribution in [3.63, 3.8) is 0 Å². The Morgan fingerprint density at radius 3 is 2.62 bits per heavy atom. The molecule has 0 saturated heterocycles. The Bertz CT molecular complexity index is 1180. The summed E-state index contributed by atoms with van der Waals surface area (Å²) >= 11 is 5.86. The van der Waals surface area contributed by atoms with Gasteiger partial charge in [0.05, 0.1) is 16.3 Å². The minimum absolute atomic E-state index is 0.0545. The lowest BCUT2D eigenvalue weighted by Crippen LogP contribution is -2.14. The second-order valence-corrected chi connectivity index (χ2v) is 6.21. The third kappa shape index (κ3) is 4.51. The first-order valence-electron chi connectivity index (χ1n) is 8.20. The molecule has 2 aromatic carbocycles. The van der Waals surface area contributed by atoms with Crippen LogP contribution < -0.4 is 5.32 Å². The van der Waals surface area contributed by atoms with Gasteiger partial charge in [-0.2, -0.15) is 5.26 Å². The number of para-hydroxylation sites is 1. The summed E-state index contributed by atoms with van der Waals surface area (Å²) < 4.78 is 19.2. The van der Waals surface area contributed by atoms with Crippen LogP contribution in [0.25, 0.3) is 17.4 Å². The van der Waals surface area contributed by atoms with Crippen molar-refractivity contribution in [2.24, 2.45) is 0 Å². The molecule has 0 aliphatic rings. The van der Waals surface area contributed by atoms with Gasteiger partial charge in [0.25, 0.3) is 5.91 Å². The molecule has 2 N–H and O–H groups in total. The monoisotopic (exact) mass is 410 g/mol. The molecule has 144 valence electrons. The molecular weight excluding hydrogens is 399 g/mol. The second kappa shape index (κ2) is 8.42. The number of carboxylic acid groups (broad SMARTS) is 1. The van der Waals surface area contributed by atoms with Gasteiger partial charge in [-0.3, -0.25) is 4.79 Å². The van der Waals surface area contributed by atoms with E-state index in [2.05, 4.69) is 5.32 Å². The number of carbonyl (C=O) groups excluding carboxylic acids is 1. The molecule has 0 saturated carbocycles. The van der Waals surface area contributed by atoms with E-state index in [9.17, 15) is 19.2 Å². The normalized spacial score (nSPS) is 11.0. The zero-order valence-corrected chi connectivity index (χ0v) is 15.4. The number of furan rings is 1. The van der Waals surface area contributed by atoms with Crippen LogP contribution >= 0.6 is 11.6 Å². The fraction of sp³-hybridized carbons (Fsp3) is 0. The number of aromatic carboxylic acids is 1. The highest BCUT2D eigenvalue weighted by Gasteiger charge is 2.15. The topological polar surface area (TPSA) is 103 Å². The number of nitrogens with zero attached hydrogens (tertiary/aromatic N) is 1. The van der Waals surface area contributed by atoms with E-state index in [0.717, 1.165) is 0 Å². The standard InChI is InChI=1S/C21H12ClFN2O4/c22-16-7-5-12(10-15(16)21(27)28)19-8-6-14(29-19)9-13(11-24)20(26)25-18-4-2-1-3-17(18)23/h1-10H,(H,25,26)(H,27,28). The van der Waals surface area contributed by atoms with Crippen molar-refractivity contribution in [3.8, 4) is 17.4 Å². The van der Waals surface area contributed by atoms with Crippen LogP contribution in [0, 0.1) is 17.1 Å². The van der Waals surface area contributed by atoms with Crippen LogP contribution in [-0.2, 0) is 4.79 Å². The maximum Gasteiger partial charge on any atom is 0.337 e. The molecule has 0 atom stereocenters. The van der Waals surface area contributed by atoms with Crippen LogP contribution in [-0.4, -0.2) is 17.0 Å². The number of carboxylic acids is 1. The summed E-state index contributed by atoms with van der Waals surface area (Å²) in [4.78, 5) is 23.5. The molecule has 0 radical (unpaired) electrons. The van der Waals surface area contributed by atoms with Gasteiger partial charge in [-0.1, -0.05) is 23.7 Å². The largest absolute Gasteiger partial charge is 0.478 e. The summed E-state index contributed by atoms with van der Waals surface area (Å²) in [5.41, 5.74) is 0.0260. The summed E-state index contributed by atoms with van der Waals surface area (Å²) in [5, 5.41) is 20.8. The highest BCUT2D eigenvalue weighted by Crippen LogP contribution is 2.27. The SMILES string of the molecule is N#CC(=Cc1ccc(-c2ccc(Cl)c(C(=O)O)c2)o1)C(=O)Nc1ccccc1F. The van der Waals surface area contributed by atoms with Gasteiger partial charge in [0.15, 0.2) is 0 Å². The smallest absolute Gasteiger partial charge is 0.337 e. The van der Waals surface area contributed by atoms with Crippen LogP contribution in [0.15, 0.2) is 64.6 Å². The number of amides is 1. The minimum Gasteiger partial charge on any atom is -0.478 e. The zero-order chi connectivity index (χ0) is 21.0. The predicted molar refractivity (Wildman–Crippen MR) is 105 cm³/mol. The number of hydrogen-bond acceptors (Lipinski definition) is 4. The van der Waals surface area contributed by atoms with E-state index in [4.69, 9.17) is 21.1 Å². The van der Waals surface area contributed by atoms with Crippen LogP contribution in [0.5, 0.6) is 0 Å². The predicted octanol–water partition coefficient (Wildman–Crippen LogP) is 4.98. The molecule has 3 aromatic rings. The van der Waals surface area contributed by atoms with Crippen molar-refractivity contribution in [1.29, 1.82) is 5.26 Å². The number of carbonyl (C=O) groups is 2. The summed E-state index contributed by atoms with van der Waals surface area (Å²) in [5.74, 6) is -2.10. The van der Waals surface area contributed by atoms with Gasteiger partial charge in [-0.05, 0) is 42.5 Å². The molecule has 1 aromatic heterocycles. The van der Waals surface area contributed by atoms with Gasteiger partial charge < -0.3 is 14.8 Å². The molecule has 8 heteroatoms. The summed E-state index contributed by atoms with van der Waals surface area (Å²) in [7, 11) is 0. The summed E-state index contributed by atoms with van der Waals surface area (Å²) in [6.45, 7) is 0. The highest BCUT2D eigenvalue weighted by atomic mass is 35.5. The maximum absolute atomic E-state index is 13.7. The molecule has 0 aliphatic carbocycles. The molecule has 3 rings (SSSR count). The number of hydrogen-bond donors (Lipinski definition) is 2. The van der Waals surface area contributed by atoms with Crippen molar-refractivity contribution < 1.29 is 23.5 Å². The van der Waals surface area contributed by atoms with Crippen molar-refractivity contribution in [1.82, 2.24) is 0 Å². The van der Waals surface area contributed by atoms with Crippen molar-refractivity contribution in [2.45, 2.75) is 0 Å². The number of rotatable bonds is 5. The Kier molecular flexibility index (Phi) is 5.77. The average molecular weight is 411 g/mol. The second-order valence-electron chi connectivity index (χ2n) is 5.81. The Labute approximate surface area is 169 Å². The van der Waals surface area contributed by atoms with Crippen LogP contribution in [0.4, 0.5) is 10.1 Å². The average Bonchev–Trinajstić information content (AvgIpc) is 3.16. The molecule has 0 unspecified atom stereocenters. The molecule has 0 bridgehead atoms. The molecule has 29 heavy (non-hydrogen) atoms. The first kappa shape index (κ1) is 19.9. The molecule has 0 spiro atoms. The number of nitrogens with one attached hydrogen (secondary N) is 1. The molecule has 0 aliphatic heterocycles. The molecular formula is C21H12ClFN2O4. The number of anilines is 1. The maximum atomic E-state index is 13.7. The molecule has 1 heterocycles. The van der Waals surface area contributed by atoms with Gasteiger partial charge in [0.1, 0.15) is 29.0 Å². The van der Waals surface area contributed by atoms with Crippen LogP contribution in [0.3, 0.4) is 0 Å². The van der Waals surface area contributed by atoms with Crippen LogP contribution in [0.1, 0.15) is 16.1 Å². The van der Waals surface area contributed by atoms with E-state index in [1.54, 1.807) is 24.3 Å². The van der Waals surface area contributed by atoms with E-state index >= 15 is 0 Å². The minimum atomic E-state index is -1.18. The van der Waals surface area contributed by atoms with Gasteiger partial charge in [-0.15, -0.1) is 0 Å². The summed E-state index contributed by atoms with van der Waals surface area (Å²) in [6.07, 6.45) is 1.20. The molecule has 6 nitrogen and oxygen atoms in total. The lowest BCUT2D eigenvalue weighted by atomic mass is 10.1. The fourth-order valence-corrected chi connectivity index (χ4v) is 2.67. The number of halogens is 2. The van der Waals surface area contributed by atoms with E-state index < -0.39 is 17.7 Å². The third-order valence-electron chi connectivity index (χ3n) is 3.88. The van der Waals surface area contributed by atoms with Gasteiger partial charge in [0, 0.05) is 11.6 Å². The summed E-state index contributed by atoms with van der Waals surface area (Å²) in [6, 6.07) is 14.8. The first-order chi connectivity index (χ1) is 13.9. The Morgan fingerprint density at radius 1 is 1.17 bits per heavy atom. The van der Waals surface area contributed by atoms with Gasteiger partial charge >= 0.3 is 5.97 Å². The van der Waals surface area contributed by atoms with Gasteiger partial charge in [0.2, 0.25) is 0 Å². The zero-order valence-electron chi connectivity index (χ0n) is 14.6. The van der Waals surface area contributed by atoms with Gasteiger partial charge in [-0.25, -0.2) is 9.18 Å². The van der Waals surface area contributed by atoms with E-state index in [-0.39, 0.29) is 27.6 Å². The van der Waals surface area contributed by atoms with E-state index in [0.29, 0.717) is 11.3 Å². The van der Waals surface area contributed by atoms with Crippen LogP contribution in [0.2, 0.25) is 5.02 Å². The Balaban J connectivity index is 1.85. The molecule has 1 amide bonds. The number of nitriles is 1. The van der Waals surface area contributed by atoms with E-state index in [1.807, 2.05) is 0 Å². The quantitative estimate of drug-likeness (QED) is 0.456.